The van der Waals surface area contributed by atoms with Crippen molar-refractivity contribution in [1.29, 1.82) is 0 Å². The molecule has 1 aromatic carbocycles. The van der Waals surface area contributed by atoms with Crippen LogP contribution in [0.4, 0.5) is 0 Å². The van der Waals surface area contributed by atoms with Gasteiger partial charge in [-0.25, -0.2) is 0 Å². The van der Waals surface area contributed by atoms with E-state index in [1.54, 1.807) is 30.5 Å². The van der Waals surface area contributed by atoms with Gasteiger partial charge in [0, 0.05) is 24.5 Å². The van der Waals surface area contributed by atoms with Crippen molar-refractivity contribution < 1.29 is 9.90 Å². The van der Waals surface area contributed by atoms with Crippen molar-refractivity contribution >= 4 is 5.91 Å². The van der Waals surface area contributed by atoms with E-state index in [1.807, 2.05) is 29.3 Å². The van der Waals surface area contributed by atoms with Gasteiger partial charge in [-0.05, 0) is 49.1 Å². The van der Waals surface area contributed by atoms with E-state index in [0.717, 1.165) is 24.8 Å². The summed E-state index contributed by atoms with van der Waals surface area (Å²) in [5.41, 5.74) is 2.65. The molecule has 0 radical (unpaired) electrons. The van der Waals surface area contributed by atoms with Gasteiger partial charge in [-0.2, -0.15) is 5.10 Å². The Bertz CT molecular complexity index is 907. The van der Waals surface area contributed by atoms with Gasteiger partial charge in [0.1, 0.15) is 11.4 Å². The fourth-order valence-electron chi connectivity index (χ4n) is 3.51. The first-order valence-electron chi connectivity index (χ1n) is 8.79. The Morgan fingerprint density at radius 2 is 2.08 bits per heavy atom. The summed E-state index contributed by atoms with van der Waals surface area (Å²) >= 11 is 0. The van der Waals surface area contributed by atoms with Crippen molar-refractivity contribution in [2.75, 3.05) is 6.54 Å². The molecule has 0 bridgehead atoms. The Morgan fingerprint density at radius 1 is 1.19 bits per heavy atom. The molecule has 0 saturated carbocycles. The van der Waals surface area contributed by atoms with Crippen LogP contribution < -0.4 is 0 Å². The number of likely N-dealkylation sites (tertiary alicyclic amines) is 1. The van der Waals surface area contributed by atoms with Gasteiger partial charge in [-0.15, -0.1) is 0 Å². The average Bonchev–Trinajstić information content (AvgIpc) is 3.18. The summed E-state index contributed by atoms with van der Waals surface area (Å²) < 4.78 is 0. The lowest BCUT2D eigenvalue weighted by Crippen LogP contribution is -2.38. The van der Waals surface area contributed by atoms with Crippen LogP contribution >= 0.6 is 0 Å². The largest absolute Gasteiger partial charge is 0.507 e. The molecular weight excluding hydrogens is 328 g/mol. The summed E-state index contributed by atoms with van der Waals surface area (Å²) in [6, 6.07) is 12.6. The van der Waals surface area contributed by atoms with Crippen LogP contribution in [0, 0.1) is 0 Å². The molecule has 3 aromatic rings. The van der Waals surface area contributed by atoms with Gasteiger partial charge >= 0.3 is 0 Å². The van der Waals surface area contributed by atoms with Crippen molar-refractivity contribution in [2.24, 2.45) is 0 Å². The van der Waals surface area contributed by atoms with Crippen molar-refractivity contribution in [1.82, 2.24) is 20.1 Å². The Balaban J connectivity index is 1.61. The van der Waals surface area contributed by atoms with Crippen LogP contribution in [0.15, 0.2) is 54.9 Å². The number of rotatable bonds is 3. The first-order valence-corrected chi connectivity index (χ1v) is 8.79. The summed E-state index contributed by atoms with van der Waals surface area (Å²) in [4.78, 5) is 19.2. The van der Waals surface area contributed by atoms with Crippen LogP contribution in [0.25, 0.3) is 11.3 Å². The summed E-state index contributed by atoms with van der Waals surface area (Å²) in [6.07, 6.45) is 6.58. The third kappa shape index (κ3) is 3.06. The third-order valence-electron chi connectivity index (χ3n) is 4.82. The number of hydrogen-bond donors (Lipinski definition) is 2. The zero-order valence-corrected chi connectivity index (χ0v) is 14.3. The normalized spacial score (nSPS) is 17.2. The van der Waals surface area contributed by atoms with Crippen LogP contribution in [0.2, 0.25) is 0 Å². The molecule has 132 valence electrons. The van der Waals surface area contributed by atoms with Crippen LogP contribution in [-0.4, -0.2) is 37.6 Å². The number of H-pyrrole nitrogens is 1. The quantitative estimate of drug-likeness (QED) is 0.758. The number of benzene rings is 1. The number of carbonyl (C=O) groups excluding carboxylic acids is 1. The zero-order chi connectivity index (χ0) is 17.9. The highest BCUT2D eigenvalue weighted by Crippen LogP contribution is 2.32. The van der Waals surface area contributed by atoms with Crippen molar-refractivity contribution in [2.45, 2.75) is 25.3 Å². The molecule has 3 heterocycles. The number of hydrogen-bond acceptors (Lipinski definition) is 4. The topological polar surface area (TPSA) is 82.1 Å². The molecule has 1 atom stereocenters. The zero-order valence-electron chi connectivity index (χ0n) is 14.3. The Morgan fingerprint density at radius 3 is 2.88 bits per heavy atom. The van der Waals surface area contributed by atoms with E-state index in [2.05, 4.69) is 15.2 Å². The number of aromatic amines is 1. The number of carbonyl (C=O) groups is 1. The molecule has 2 aromatic heterocycles. The van der Waals surface area contributed by atoms with E-state index < -0.39 is 0 Å². The van der Waals surface area contributed by atoms with Crippen molar-refractivity contribution in [3.8, 4) is 17.0 Å². The summed E-state index contributed by atoms with van der Waals surface area (Å²) in [6.45, 7) is 0.712. The number of phenolic OH excluding ortho intramolecular Hbond substituents is 1. The Kier molecular flexibility index (Phi) is 4.39. The van der Waals surface area contributed by atoms with Gasteiger partial charge in [0.2, 0.25) is 0 Å². The number of phenols is 1. The minimum atomic E-state index is -0.0762. The number of amides is 1. The second-order valence-corrected chi connectivity index (χ2v) is 6.48. The summed E-state index contributed by atoms with van der Waals surface area (Å²) in [5, 5.41) is 17.0. The smallest absolute Gasteiger partial charge is 0.272 e. The third-order valence-corrected chi connectivity index (χ3v) is 4.82. The fraction of sp³-hybridized carbons (Fsp3) is 0.250. The van der Waals surface area contributed by atoms with E-state index in [4.69, 9.17) is 0 Å². The number of piperidine rings is 1. The monoisotopic (exact) mass is 348 g/mol. The number of aromatic nitrogens is 3. The number of nitrogens with zero attached hydrogens (tertiary/aromatic N) is 3. The minimum Gasteiger partial charge on any atom is -0.507 e. The Labute approximate surface area is 151 Å². The molecule has 4 rings (SSSR count). The number of nitrogens with one attached hydrogen (secondary N) is 1. The summed E-state index contributed by atoms with van der Waals surface area (Å²) in [5.74, 6) is 0.0666. The molecular formula is C20H20N4O2. The van der Waals surface area contributed by atoms with Crippen LogP contribution in [0.1, 0.15) is 41.4 Å². The van der Waals surface area contributed by atoms with Gasteiger partial charge in [0.15, 0.2) is 0 Å². The standard InChI is InChI=1S/C20H20N4O2/c25-19-9-2-1-7-15(19)16-12-17(23-22-16)20(26)24-11-4-3-8-18(24)14-6-5-10-21-13-14/h1-2,5-7,9-10,12-13,18,25H,3-4,8,11H2,(H,22,23)/t18-/m1/s1. The highest BCUT2D eigenvalue weighted by Gasteiger charge is 2.30. The molecule has 0 unspecified atom stereocenters. The predicted octanol–water partition coefficient (Wildman–Crippen LogP) is 3.54. The second-order valence-electron chi connectivity index (χ2n) is 6.48. The number of pyridine rings is 1. The molecule has 0 spiro atoms. The van der Waals surface area contributed by atoms with Crippen LogP contribution in [0.3, 0.4) is 0 Å². The molecule has 2 N–H and O–H groups in total. The minimum absolute atomic E-state index is 0.0295. The van der Waals surface area contributed by atoms with E-state index in [9.17, 15) is 9.90 Å². The lowest BCUT2D eigenvalue weighted by molar-refractivity contribution is 0.0605. The van der Waals surface area contributed by atoms with E-state index in [1.165, 1.54) is 0 Å². The van der Waals surface area contributed by atoms with Gasteiger partial charge < -0.3 is 10.0 Å². The molecule has 1 saturated heterocycles. The van der Waals surface area contributed by atoms with Gasteiger partial charge in [0.05, 0.1) is 11.7 Å². The molecule has 0 aliphatic carbocycles. The Hall–Kier alpha value is -3.15. The number of para-hydroxylation sites is 1. The predicted molar refractivity (Wildman–Crippen MR) is 97.6 cm³/mol. The maximum atomic E-state index is 13.1. The van der Waals surface area contributed by atoms with Crippen molar-refractivity contribution in [3.05, 3.63) is 66.1 Å². The SMILES string of the molecule is O=C(c1cc(-c2ccccc2O)n[nH]1)N1CCCC[C@@H]1c1cccnc1. The van der Waals surface area contributed by atoms with Crippen molar-refractivity contribution in [3.63, 3.8) is 0 Å². The van der Waals surface area contributed by atoms with Gasteiger partial charge in [-0.3, -0.25) is 14.9 Å². The molecule has 1 aliphatic rings. The lowest BCUT2D eigenvalue weighted by atomic mass is 9.96. The second kappa shape index (κ2) is 7.00. The first kappa shape index (κ1) is 16.3. The van der Waals surface area contributed by atoms with E-state index in [0.29, 0.717) is 23.5 Å². The highest BCUT2D eigenvalue weighted by atomic mass is 16.3. The number of aromatic hydroxyl groups is 1. The maximum Gasteiger partial charge on any atom is 0.272 e. The molecule has 6 heteroatoms. The van der Waals surface area contributed by atoms with Gasteiger partial charge in [-0.1, -0.05) is 18.2 Å². The average molecular weight is 348 g/mol. The first-order chi connectivity index (χ1) is 12.7. The highest BCUT2D eigenvalue weighted by molar-refractivity contribution is 5.94. The lowest BCUT2D eigenvalue weighted by Gasteiger charge is -2.35. The van der Waals surface area contributed by atoms with E-state index in [-0.39, 0.29) is 17.7 Å². The molecule has 1 amide bonds. The molecule has 26 heavy (non-hydrogen) atoms. The molecule has 1 aliphatic heterocycles. The van der Waals surface area contributed by atoms with Gasteiger partial charge in [0.25, 0.3) is 5.91 Å². The fourth-order valence-corrected chi connectivity index (χ4v) is 3.51. The summed E-state index contributed by atoms with van der Waals surface area (Å²) in [7, 11) is 0. The molecule has 1 fully saturated rings. The van der Waals surface area contributed by atoms with Crippen LogP contribution in [0.5, 0.6) is 5.75 Å². The van der Waals surface area contributed by atoms with Crippen LogP contribution in [-0.2, 0) is 0 Å². The maximum absolute atomic E-state index is 13.1. The van der Waals surface area contributed by atoms with E-state index >= 15 is 0 Å². The molecule has 6 nitrogen and oxygen atoms in total.